The number of nitrogens with one attached hydrogen (secondary N) is 1. The Morgan fingerprint density at radius 3 is 2.59 bits per heavy atom. The summed E-state index contributed by atoms with van der Waals surface area (Å²) in [6.07, 6.45) is 8.32. The third kappa shape index (κ3) is 3.23. The van der Waals surface area contributed by atoms with Crippen LogP contribution in [0.4, 0.5) is 0 Å². The Hall–Kier alpha value is -0.0800. The van der Waals surface area contributed by atoms with Crippen molar-refractivity contribution in [1.29, 1.82) is 0 Å². The van der Waals surface area contributed by atoms with Gasteiger partial charge in [0.25, 0.3) is 0 Å². The Morgan fingerprint density at radius 2 is 2.00 bits per heavy atom. The minimum atomic E-state index is 0.489. The van der Waals surface area contributed by atoms with E-state index in [1.807, 2.05) is 0 Å². The predicted molar refractivity (Wildman–Crippen MR) is 74.3 cm³/mol. The van der Waals surface area contributed by atoms with Gasteiger partial charge in [-0.3, -0.25) is 4.90 Å². The normalized spacial score (nSPS) is 29.3. The van der Waals surface area contributed by atoms with E-state index in [-0.39, 0.29) is 0 Å². The Labute approximate surface area is 107 Å². The fraction of sp³-hybridized carbons (Fsp3) is 1.00. The summed E-state index contributed by atoms with van der Waals surface area (Å²) in [7, 11) is 0. The first-order valence-electron chi connectivity index (χ1n) is 7.64. The second-order valence-corrected chi connectivity index (χ2v) is 6.62. The average molecular weight is 238 g/mol. The summed E-state index contributed by atoms with van der Waals surface area (Å²) in [4.78, 5) is 2.78. The Morgan fingerprint density at radius 1 is 1.29 bits per heavy atom. The monoisotopic (exact) mass is 238 g/mol. The van der Waals surface area contributed by atoms with E-state index in [1.165, 1.54) is 58.2 Å². The highest BCUT2D eigenvalue weighted by atomic mass is 15.3. The van der Waals surface area contributed by atoms with Crippen LogP contribution in [-0.4, -0.2) is 36.1 Å². The molecular weight excluding hydrogens is 208 g/mol. The molecule has 1 atom stereocenters. The zero-order chi connectivity index (χ0) is 12.3. The molecule has 2 heteroatoms. The summed E-state index contributed by atoms with van der Waals surface area (Å²) in [6.45, 7) is 10.8. The molecule has 0 aromatic heterocycles. The Kier molecular flexibility index (Phi) is 4.48. The Balaban J connectivity index is 1.97. The van der Waals surface area contributed by atoms with Gasteiger partial charge in [0.15, 0.2) is 0 Å². The molecule has 1 saturated carbocycles. The fourth-order valence-electron chi connectivity index (χ4n) is 3.75. The van der Waals surface area contributed by atoms with E-state index in [9.17, 15) is 0 Å². The van der Waals surface area contributed by atoms with Crippen molar-refractivity contribution in [2.24, 2.45) is 5.92 Å². The molecule has 1 aliphatic carbocycles. The largest absolute Gasteiger partial charge is 0.308 e. The molecule has 2 rings (SSSR count). The van der Waals surface area contributed by atoms with Gasteiger partial charge < -0.3 is 5.32 Å². The zero-order valence-corrected chi connectivity index (χ0v) is 12.0. The van der Waals surface area contributed by atoms with Crippen LogP contribution in [0.5, 0.6) is 0 Å². The van der Waals surface area contributed by atoms with Crippen molar-refractivity contribution in [3.63, 3.8) is 0 Å². The minimum Gasteiger partial charge on any atom is -0.308 e. The van der Waals surface area contributed by atoms with E-state index < -0.39 is 0 Å². The maximum Gasteiger partial charge on any atom is 0.0309 e. The molecule has 100 valence electrons. The average Bonchev–Trinajstić information content (AvgIpc) is 2.71. The molecule has 2 nitrogen and oxygen atoms in total. The number of nitrogens with zero attached hydrogens (tertiary/aromatic N) is 1. The van der Waals surface area contributed by atoms with Crippen molar-refractivity contribution < 1.29 is 0 Å². The third-order valence-corrected chi connectivity index (χ3v) is 4.55. The van der Waals surface area contributed by atoms with E-state index in [0.717, 1.165) is 12.0 Å². The molecule has 1 N–H and O–H groups in total. The molecule has 0 radical (unpaired) electrons. The van der Waals surface area contributed by atoms with Crippen molar-refractivity contribution in [3.05, 3.63) is 0 Å². The quantitative estimate of drug-likeness (QED) is 0.810. The van der Waals surface area contributed by atoms with Gasteiger partial charge in [0.1, 0.15) is 0 Å². The third-order valence-electron chi connectivity index (χ3n) is 4.55. The van der Waals surface area contributed by atoms with Crippen LogP contribution in [0.25, 0.3) is 0 Å². The molecule has 2 aliphatic rings. The van der Waals surface area contributed by atoms with Crippen molar-refractivity contribution >= 4 is 0 Å². The molecular formula is C15H30N2. The van der Waals surface area contributed by atoms with Crippen molar-refractivity contribution in [3.8, 4) is 0 Å². The number of rotatable bonds is 4. The van der Waals surface area contributed by atoms with Gasteiger partial charge in [0.2, 0.25) is 0 Å². The van der Waals surface area contributed by atoms with Crippen LogP contribution >= 0.6 is 0 Å². The topological polar surface area (TPSA) is 15.3 Å². The lowest BCUT2D eigenvalue weighted by Crippen LogP contribution is -2.63. The summed E-state index contributed by atoms with van der Waals surface area (Å²) in [5.41, 5.74) is 0.489. The fourth-order valence-corrected chi connectivity index (χ4v) is 3.75. The van der Waals surface area contributed by atoms with E-state index in [1.54, 1.807) is 0 Å². The van der Waals surface area contributed by atoms with Gasteiger partial charge in [-0.1, -0.05) is 33.6 Å². The lowest BCUT2D eigenvalue weighted by molar-refractivity contribution is 0.0695. The maximum absolute atomic E-state index is 3.90. The molecule has 0 aromatic carbocycles. The van der Waals surface area contributed by atoms with Crippen LogP contribution in [0.15, 0.2) is 0 Å². The van der Waals surface area contributed by atoms with Crippen LogP contribution in [0.2, 0.25) is 0 Å². The second-order valence-electron chi connectivity index (χ2n) is 6.62. The van der Waals surface area contributed by atoms with Crippen LogP contribution in [0, 0.1) is 5.92 Å². The van der Waals surface area contributed by atoms with Gasteiger partial charge in [-0.05, 0) is 38.1 Å². The van der Waals surface area contributed by atoms with Crippen LogP contribution in [0.1, 0.15) is 59.3 Å². The maximum atomic E-state index is 3.90. The summed E-state index contributed by atoms with van der Waals surface area (Å²) in [5, 5.41) is 3.90. The summed E-state index contributed by atoms with van der Waals surface area (Å²) in [5.74, 6) is 0.818. The first-order chi connectivity index (χ1) is 8.15. The molecule has 1 spiro atoms. The second kappa shape index (κ2) is 5.71. The summed E-state index contributed by atoms with van der Waals surface area (Å²) in [6, 6.07) is 0.779. The molecule has 1 heterocycles. The minimum absolute atomic E-state index is 0.489. The van der Waals surface area contributed by atoms with Gasteiger partial charge >= 0.3 is 0 Å². The zero-order valence-electron chi connectivity index (χ0n) is 12.0. The van der Waals surface area contributed by atoms with E-state index in [4.69, 9.17) is 0 Å². The summed E-state index contributed by atoms with van der Waals surface area (Å²) >= 11 is 0. The first kappa shape index (κ1) is 13.4. The van der Waals surface area contributed by atoms with Gasteiger partial charge in [-0.2, -0.15) is 0 Å². The highest BCUT2D eigenvalue weighted by Crippen LogP contribution is 2.34. The molecule has 1 unspecified atom stereocenters. The SMILES string of the molecule is CCCN1CC2(CCCC2)NCC1CC(C)C. The van der Waals surface area contributed by atoms with Gasteiger partial charge in [0.05, 0.1) is 0 Å². The number of hydrogen-bond acceptors (Lipinski definition) is 2. The predicted octanol–water partition coefficient (Wildman–Crippen LogP) is 3.03. The highest BCUT2D eigenvalue weighted by Gasteiger charge is 2.40. The molecule has 0 amide bonds. The smallest absolute Gasteiger partial charge is 0.0309 e. The molecule has 1 aliphatic heterocycles. The van der Waals surface area contributed by atoms with E-state index >= 15 is 0 Å². The Bertz CT molecular complexity index is 231. The lowest BCUT2D eigenvalue weighted by Gasteiger charge is -2.47. The van der Waals surface area contributed by atoms with Gasteiger partial charge in [0, 0.05) is 24.7 Å². The van der Waals surface area contributed by atoms with Crippen LogP contribution in [0.3, 0.4) is 0 Å². The van der Waals surface area contributed by atoms with E-state index in [0.29, 0.717) is 5.54 Å². The van der Waals surface area contributed by atoms with Crippen molar-refractivity contribution in [2.75, 3.05) is 19.6 Å². The molecule has 17 heavy (non-hydrogen) atoms. The standard InChI is InChI=1S/C15H30N2/c1-4-9-17-12-15(7-5-6-8-15)16-11-14(17)10-13(2)3/h13-14,16H,4-12H2,1-3H3. The van der Waals surface area contributed by atoms with Gasteiger partial charge in [-0.25, -0.2) is 0 Å². The van der Waals surface area contributed by atoms with Crippen LogP contribution < -0.4 is 5.32 Å². The molecule has 2 fully saturated rings. The van der Waals surface area contributed by atoms with Crippen LogP contribution in [-0.2, 0) is 0 Å². The molecule has 0 aromatic rings. The number of piperazine rings is 1. The summed E-state index contributed by atoms with van der Waals surface area (Å²) < 4.78 is 0. The first-order valence-corrected chi connectivity index (χ1v) is 7.64. The van der Waals surface area contributed by atoms with Gasteiger partial charge in [-0.15, -0.1) is 0 Å². The highest BCUT2D eigenvalue weighted by molar-refractivity contribution is 5.00. The van der Waals surface area contributed by atoms with Crippen molar-refractivity contribution in [1.82, 2.24) is 10.2 Å². The van der Waals surface area contributed by atoms with E-state index in [2.05, 4.69) is 31.0 Å². The van der Waals surface area contributed by atoms with Crippen molar-refractivity contribution in [2.45, 2.75) is 70.9 Å². The molecule has 0 bridgehead atoms. The molecule has 1 saturated heterocycles. The lowest BCUT2D eigenvalue weighted by atomic mass is 9.90. The number of hydrogen-bond donors (Lipinski definition) is 1.